The van der Waals surface area contributed by atoms with Crippen molar-refractivity contribution in [2.45, 2.75) is 6.42 Å². The van der Waals surface area contributed by atoms with E-state index >= 15 is 0 Å². The Labute approximate surface area is 94.1 Å². The molecular formula is C8H14O7Si. The van der Waals surface area contributed by atoms with Crippen LogP contribution in [0.2, 0.25) is 0 Å². The predicted molar refractivity (Wildman–Crippen MR) is 54.3 cm³/mol. The van der Waals surface area contributed by atoms with Gasteiger partial charge in [-0.25, -0.2) is 4.79 Å². The van der Waals surface area contributed by atoms with Gasteiger partial charge in [0.15, 0.2) is 0 Å². The van der Waals surface area contributed by atoms with Crippen LogP contribution in [0.5, 0.6) is 0 Å². The van der Waals surface area contributed by atoms with Crippen molar-refractivity contribution >= 4 is 21.0 Å². The Morgan fingerprint density at radius 2 is 1.62 bits per heavy atom. The van der Waals surface area contributed by atoms with Crippen LogP contribution in [0.1, 0.15) is 6.42 Å². The fourth-order valence-corrected chi connectivity index (χ4v) is 1.94. The molecule has 0 radical (unpaired) electrons. The molecule has 92 valence electrons. The van der Waals surface area contributed by atoms with Crippen LogP contribution < -0.4 is 0 Å². The summed E-state index contributed by atoms with van der Waals surface area (Å²) in [5, 5.41) is 8.45. The Balaban J connectivity index is 4.52. The van der Waals surface area contributed by atoms with Gasteiger partial charge in [-0.05, 0) is 0 Å². The Morgan fingerprint density at radius 1 is 1.19 bits per heavy atom. The molecule has 0 aliphatic rings. The predicted octanol–water partition coefficient (Wildman–Crippen LogP) is -0.0647. The van der Waals surface area contributed by atoms with E-state index in [1.54, 1.807) is 0 Å². The maximum atomic E-state index is 11.4. The first-order valence-corrected chi connectivity index (χ1v) is 5.82. The van der Waals surface area contributed by atoms with E-state index in [2.05, 4.69) is 6.58 Å². The number of carboxylic acids is 1. The van der Waals surface area contributed by atoms with E-state index < -0.39 is 27.4 Å². The summed E-state index contributed by atoms with van der Waals surface area (Å²) in [6, 6.07) is 0. The fourth-order valence-electron chi connectivity index (χ4n) is 0.815. The third-order valence-electron chi connectivity index (χ3n) is 1.62. The van der Waals surface area contributed by atoms with Gasteiger partial charge in [-0.2, -0.15) is 0 Å². The number of rotatable bonds is 7. The SMILES string of the molecule is C=C(CC(=O)O)C(=O)O[Si](OC)(OC)OC. The number of aliphatic carboxylic acids is 1. The van der Waals surface area contributed by atoms with Gasteiger partial charge in [-0.15, -0.1) is 0 Å². The van der Waals surface area contributed by atoms with Crippen LogP contribution in [0.3, 0.4) is 0 Å². The molecule has 7 nitrogen and oxygen atoms in total. The van der Waals surface area contributed by atoms with Gasteiger partial charge in [0.1, 0.15) is 0 Å². The first-order chi connectivity index (χ1) is 7.40. The molecule has 0 aliphatic carbocycles. The summed E-state index contributed by atoms with van der Waals surface area (Å²) in [5.74, 6) is -2.10. The van der Waals surface area contributed by atoms with Gasteiger partial charge in [-0.3, -0.25) is 4.79 Å². The lowest BCUT2D eigenvalue weighted by Gasteiger charge is -2.22. The van der Waals surface area contributed by atoms with E-state index in [-0.39, 0.29) is 5.57 Å². The number of carboxylic acid groups (broad SMARTS) is 1. The number of carbonyl (C=O) groups is 2. The molecule has 8 heteroatoms. The normalized spacial score (nSPS) is 10.9. The maximum Gasteiger partial charge on any atom is 0.751 e. The van der Waals surface area contributed by atoms with E-state index in [0.717, 1.165) is 0 Å². The Bertz CT molecular complexity index is 276. The van der Waals surface area contributed by atoms with Crippen LogP contribution in [0.15, 0.2) is 12.2 Å². The molecule has 0 heterocycles. The van der Waals surface area contributed by atoms with Crippen molar-refractivity contribution < 1.29 is 32.4 Å². The number of hydrogen-bond acceptors (Lipinski definition) is 6. The summed E-state index contributed by atoms with van der Waals surface area (Å²) in [4.78, 5) is 21.7. The topological polar surface area (TPSA) is 91.3 Å². The molecule has 0 aromatic rings. The zero-order valence-electron chi connectivity index (χ0n) is 9.31. The van der Waals surface area contributed by atoms with Crippen LogP contribution in [0.25, 0.3) is 0 Å². The Hall–Kier alpha value is -1.22. The third kappa shape index (κ3) is 4.11. The van der Waals surface area contributed by atoms with E-state index in [4.69, 9.17) is 22.8 Å². The number of carbonyl (C=O) groups excluding carboxylic acids is 1. The molecule has 0 aromatic heterocycles. The van der Waals surface area contributed by atoms with E-state index in [9.17, 15) is 9.59 Å². The van der Waals surface area contributed by atoms with E-state index in [1.807, 2.05) is 0 Å². The molecular weight excluding hydrogens is 236 g/mol. The molecule has 0 spiro atoms. The van der Waals surface area contributed by atoms with Gasteiger partial charge >= 0.3 is 21.0 Å². The Kier molecular flexibility index (Phi) is 5.89. The second-order valence-electron chi connectivity index (χ2n) is 2.68. The van der Waals surface area contributed by atoms with Crippen LogP contribution in [0.4, 0.5) is 0 Å². The average Bonchev–Trinajstić information content (AvgIpc) is 2.25. The molecule has 16 heavy (non-hydrogen) atoms. The van der Waals surface area contributed by atoms with Crippen molar-refractivity contribution in [1.82, 2.24) is 0 Å². The van der Waals surface area contributed by atoms with Crippen LogP contribution in [0, 0.1) is 0 Å². The van der Waals surface area contributed by atoms with Crippen molar-refractivity contribution in [3.8, 4) is 0 Å². The van der Waals surface area contributed by atoms with Gasteiger partial charge < -0.3 is 22.8 Å². The van der Waals surface area contributed by atoms with Gasteiger partial charge in [0.05, 0.1) is 6.42 Å². The minimum absolute atomic E-state index is 0.212. The van der Waals surface area contributed by atoms with Crippen molar-refractivity contribution in [2.75, 3.05) is 21.3 Å². The van der Waals surface area contributed by atoms with E-state index in [0.29, 0.717) is 0 Å². The zero-order chi connectivity index (χ0) is 12.8. The highest BCUT2D eigenvalue weighted by Gasteiger charge is 2.47. The van der Waals surface area contributed by atoms with Crippen LogP contribution in [-0.2, 0) is 27.3 Å². The van der Waals surface area contributed by atoms with Crippen LogP contribution in [-0.4, -0.2) is 47.4 Å². The lowest BCUT2D eigenvalue weighted by atomic mass is 10.2. The zero-order valence-corrected chi connectivity index (χ0v) is 10.3. The molecule has 0 aromatic carbocycles. The summed E-state index contributed by atoms with van der Waals surface area (Å²) in [7, 11) is 0.272. The molecule has 0 bridgehead atoms. The summed E-state index contributed by atoms with van der Waals surface area (Å²) < 4.78 is 19.3. The molecule has 1 N–H and O–H groups in total. The van der Waals surface area contributed by atoms with Crippen molar-refractivity contribution in [3.05, 3.63) is 12.2 Å². The van der Waals surface area contributed by atoms with Crippen LogP contribution >= 0.6 is 0 Å². The minimum atomic E-state index is -3.50. The van der Waals surface area contributed by atoms with Crippen molar-refractivity contribution in [2.24, 2.45) is 0 Å². The highest BCUT2D eigenvalue weighted by Crippen LogP contribution is 2.12. The molecule has 0 saturated carbocycles. The maximum absolute atomic E-state index is 11.4. The first kappa shape index (κ1) is 14.8. The monoisotopic (exact) mass is 250 g/mol. The summed E-state index contributed by atoms with van der Waals surface area (Å²) in [6.45, 7) is 3.28. The summed E-state index contributed by atoms with van der Waals surface area (Å²) in [6.07, 6.45) is -0.513. The highest BCUT2D eigenvalue weighted by molar-refractivity contribution is 6.55. The summed E-state index contributed by atoms with van der Waals surface area (Å²) in [5.41, 5.74) is -0.212. The first-order valence-electron chi connectivity index (χ1n) is 4.19. The molecule has 0 saturated heterocycles. The molecule has 0 rings (SSSR count). The lowest BCUT2D eigenvalue weighted by Crippen LogP contribution is -2.48. The largest absolute Gasteiger partial charge is 0.751 e. The van der Waals surface area contributed by atoms with Gasteiger partial charge in [0.25, 0.3) is 0 Å². The second-order valence-corrected chi connectivity index (χ2v) is 5.10. The lowest BCUT2D eigenvalue weighted by molar-refractivity contribution is -0.142. The average molecular weight is 250 g/mol. The molecule has 0 unspecified atom stereocenters. The Morgan fingerprint density at radius 3 is 1.94 bits per heavy atom. The molecule has 0 amide bonds. The van der Waals surface area contributed by atoms with Crippen molar-refractivity contribution in [1.29, 1.82) is 0 Å². The second kappa shape index (κ2) is 6.38. The third-order valence-corrected chi connectivity index (χ3v) is 3.56. The van der Waals surface area contributed by atoms with Gasteiger partial charge in [0.2, 0.25) is 0 Å². The van der Waals surface area contributed by atoms with Gasteiger partial charge in [0, 0.05) is 26.9 Å². The number of hydrogen-bond donors (Lipinski definition) is 1. The fraction of sp³-hybridized carbons (Fsp3) is 0.500. The molecule has 0 atom stereocenters. The van der Waals surface area contributed by atoms with Crippen molar-refractivity contribution in [3.63, 3.8) is 0 Å². The quantitative estimate of drug-likeness (QED) is 0.499. The minimum Gasteiger partial charge on any atom is -0.481 e. The molecule has 0 aliphatic heterocycles. The highest BCUT2D eigenvalue weighted by atomic mass is 28.4. The van der Waals surface area contributed by atoms with E-state index in [1.165, 1.54) is 21.3 Å². The standard InChI is InChI=1S/C8H14O7Si/c1-6(5-7(9)10)8(11)15-16(12-2,13-3)14-4/h1,5H2,2-4H3,(H,9,10). The smallest absolute Gasteiger partial charge is 0.481 e. The summed E-state index contributed by atoms with van der Waals surface area (Å²) >= 11 is 0. The van der Waals surface area contributed by atoms with Gasteiger partial charge in [-0.1, -0.05) is 6.58 Å². The molecule has 0 fully saturated rings.